The van der Waals surface area contributed by atoms with Crippen molar-refractivity contribution in [2.24, 2.45) is 0 Å². The molecular weight excluding hydrogens is 292 g/mol. The Kier molecular flexibility index (Phi) is 5.40. The molecule has 1 amide bonds. The summed E-state index contributed by atoms with van der Waals surface area (Å²) in [5.74, 6) is 1.29. The van der Waals surface area contributed by atoms with Gasteiger partial charge < -0.3 is 19.6 Å². The lowest BCUT2D eigenvalue weighted by Gasteiger charge is -2.14. The van der Waals surface area contributed by atoms with E-state index >= 15 is 0 Å². The standard InChI is InChI=1S/C14H18N2O6/c1-10(15-14(17)3-2-6-22-16(18)19)7-11-4-5-12-13(8-11)21-9-20-12/h4-5,8,10H,2-3,6-7,9H2,1H3,(H,15,17)/t10-/m0/s1. The molecule has 0 saturated heterocycles. The Morgan fingerprint density at radius 3 is 3.00 bits per heavy atom. The van der Waals surface area contributed by atoms with Crippen LogP contribution in [0.5, 0.6) is 11.5 Å². The zero-order chi connectivity index (χ0) is 15.9. The second kappa shape index (κ2) is 7.48. The van der Waals surface area contributed by atoms with Gasteiger partial charge in [-0.15, -0.1) is 10.1 Å². The van der Waals surface area contributed by atoms with Gasteiger partial charge in [-0.2, -0.15) is 0 Å². The number of ether oxygens (including phenoxy) is 2. The number of rotatable bonds is 8. The minimum atomic E-state index is -0.861. The zero-order valence-corrected chi connectivity index (χ0v) is 12.2. The van der Waals surface area contributed by atoms with Crippen LogP contribution < -0.4 is 14.8 Å². The van der Waals surface area contributed by atoms with Crippen molar-refractivity contribution in [2.75, 3.05) is 13.4 Å². The number of benzene rings is 1. The molecule has 0 aliphatic carbocycles. The number of nitrogens with one attached hydrogen (secondary N) is 1. The molecule has 1 aliphatic heterocycles. The Hall–Kier alpha value is -2.51. The number of amides is 1. The van der Waals surface area contributed by atoms with E-state index in [1.807, 2.05) is 25.1 Å². The summed E-state index contributed by atoms with van der Waals surface area (Å²) in [7, 11) is 0. The third-order valence-electron chi connectivity index (χ3n) is 3.13. The van der Waals surface area contributed by atoms with Crippen LogP contribution in [-0.4, -0.2) is 30.4 Å². The molecule has 120 valence electrons. The van der Waals surface area contributed by atoms with Gasteiger partial charge >= 0.3 is 0 Å². The number of hydrogen-bond acceptors (Lipinski definition) is 6. The highest BCUT2D eigenvalue weighted by atomic mass is 16.9. The normalized spacial score (nSPS) is 13.5. The molecule has 0 aromatic heterocycles. The van der Waals surface area contributed by atoms with Crippen LogP contribution in [0.2, 0.25) is 0 Å². The zero-order valence-electron chi connectivity index (χ0n) is 12.2. The molecular formula is C14H18N2O6. The lowest BCUT2D eigenvalue weighted by Crippen LogP contribution is -2.34. The van der Waals surface area contributed by atoms with Crippen molar-refractivity contribution in [2.45, 2.75) is 32.2 Å². The molecule has 8 nitrogen and oxygen atoms in total. The summed E-state index contributed by atoms with van der Waals surface area (Å²) in [5.41, 5.74) is 1.04. The van der Waals surface area contributed by atoms with Crippen molar-refractivity contribution in [3.05, 3.63) is 33.9 Å². The number of carbonyl (C=O) groups excluding carboxylic acids is 1. The molecule has 0 saturated carbocycles. The summed E-state index contributed by atoms with van der Waals surface area (Å²) >= 11 is 0. The lowest BCUT2D eigenvalue weighted by atomic mass is 10.1. The Morgan fingerprint density at radius 2 is 2.23 bits per heavy atom. The highest BCUT2D eigenvalue weighted by molar-refractivity contribution is 5.76. The Labute approximate surface area is 127 Å². The third kappa shape index (κ3) is 4.80. The van der Waals surface area contributed by atoms with Crippen LogP contribution in [-0.2, 0) is 16.1 Å². The van der Waals surface area contributed by atoms with Crippen LogP contribution in [0.1, 0.15) is 25.3 Å². The van der Waals surface area contributed by atoms with Gasteiger partial charge in [-0.1, -0.05) is 6.07 Å². The monoisotopic (exact) mass is 310 g/mol. The van der Waals surface area contributed by atoms with Gasteiger partial charge in [0, 0.05) is 12.5 Å². The van der Waals surface area contributed by atoms with Crippen molar-refractivity contribution >= 4 is 5.91 Å². The van der Waals surface area contributed by atoms with Crippen LogP contribution >= 0.6 is 0 Å². The van der Waals surface area contributed by atoms with E-state index < -0.39 is 5.09 Å². The minimum Gasteiger partial charge on any atom is -0.454 e. The van der Waals surface area contributed by atoms with E-state index in [4.69, 9.17) is 9.47 Å². The highest BCUT2D eigenvalue weighted by Crippen LogP contribution is 2.32. The van der Waals surface area contributed by atoms with E-state index in [-0.39, 0.29) is 31.8 Å². The molecule has 8 heteroatoms. The van der Waals surface area contributed by atoms with E-state index in [1.54, 1.807) is 0 Å². The maximum atomic E-state index is 11.7. The first kappa shape index (κ1) is 15.9. The number of carbonyl (C=O) groups is 1. The molecule has 1 aromatic rings. The number of fused-ring (bicyclic) bond motifs is 1. The van der Waals surface area contributed by atoms with E-state index in [0.717, 1.165) is 11.3 Å². The molecule has 0 radical (unpaired) electrons. The van der Waals surface area contributed by atoms with Crippen LogP contribution in [0.3, 0.4) is 0 Å². The van der Waals surface area contributed by atoms with Crippen LogP contribution in [0.15, 0.2) is 18.2 Å². The summed E-state index contributed by atoms with van der Waals surface area (Å²) in [6.45, 7) is 2.06. The number of hydrogen-bond donors (Lipinski definition) is 1. The molecule has 1 N–H and O–H groups in total. The molecule has 0 fully saturated rings. The molecule has 1 aromatic carbocycles. The van der Waals surface area contributed by atoms with Gasteiger partial charge in [-0.05, 0) is 37.5 Å². The fourth-order valence-corrected chi connectivity index (χ4v) is 2.19. The average molecular weight is 310 g/mol. The first-order valence-electron chi connectivity index (χ1n) is 7.00. The summed E-state index contributed by atoms with van der Waals surface area (Å²) < 4.78 is 10.6. The van der Waals surface area contributed by atoms with E-state index in [0.29, 0.717) is 18.6 Å². The molecule has 0 spiro atoms. The second-order valence-corrected chi connectivity index (χ2v) is 5.02. The fourth-order valence-electron chi connectivity index (χ4n) is 2.19. The van der Waals surface area contributed by atoms with Crippen molar-refractivity contribution in [1.29, 1.82) is 0 Å². The maximum absolute atomic E-state index is 11.7. The van der Waals surface area contributed by atoms with Crippen molar-refractivity contribution in [1.82, 2.24) is 5.32 Å². The molecule has 0 unspecified atom stereocenters. The quantitative estimate of drug-likeness (QED) is 0.443. The average Bonchev–Trinajstić information content (AvgIpc) is 2.90. The maximum Gasteiger partial charge on any atom is 0.294 e. The smallest absolute Gasteiger partial charge is 0.294 e. The van der Waals surface area contributed by atoms with E-state index in [1.165, 1.54) is 0 Å². The van der Waals surface area contributed by atoms with Crippen molar-refractivity contribution in [3.63, 3.8) is 0 Å². The Morgan fingerprint density at radius 1 is 1.45 bits per heavy atom. The fraction of sp³-hybridized carbons (Fsp3) is 0.500. The lowest BCUT2D eigenvalue weighted by molar-refractivity contribution is -0.757. The molecule has 1 heterocycles. The molecule has 2 rings (SSSR count). The second-order valence-electron chi connectivity index (χ2n) is 5.02. The highest BCUT2D eigenvalue weighted by Gasteiger charge is 2.15. The van der Waals surface area contributed by atoms with Gasteiger partial charge in [0.2, 0.25) is 12.7 Å². The SMILES string of the molecule is C[C@@H](Cc1ccc2c(c1)OCO2)NC(=O)CCCO[N+](=O)[O-]. The minimum absolute atomic E-state index is 0.0516. The predicted octanol–water partition coefficient (Wildman–Crippen LogP) is 1.45. The van der Waals surface area contributed by atoms with E-state index in [9.17, 15) is 14.9 Å². The molecule has 22 heavy (non-hydrogen) atoms. The topological polar surface area (TPSA) is 99.9 Å². The summed E-state index contributed by atoms with van der Waals surface area (Å²) in [6.07, 6.45) is 1.16. The van der Waals surface area contributed by atoms with Crippen molar-refractivity contribution in [3.8, 4) is 11.5 Å². The summed E-state index contributed by atoms with van der Waals surface area (Å²) in [4.78, 5) is 25.8. The summed E-state index contributed by atoms with van der Waals surface area (Å²) in [5, 5.41) is 12.0. The Bertz CT molecular complexity index is 548. The predicted molar refractivity (Wildman–Crippen MR) is 76.1 cm³/mol. The third-order valence-corrected chi connectivity index (χ3v) is 3.13. The van der Waals surface area contributed by atoms with Crippen LogP contribution in [0.25, 0.3) is 0 Å². The van der Waals surface area contributed by atoms with Gasteiger partial charge in [0.1, 0.15) is 0 Å². The first-order valence-corrected chi connectivity index (χ1v) is 7.00. The number of nitrogens with zero attached hydrogens (tertiary/aromatic N) is 1. The van der Waals surface area contributed by atoms with E-state index in [2.05, 4.69) is 10.2 Å². The first-order chi connectivity index (χ1) is 10.5. The Balaban J connectivity index is 1.72. The van der Waals surface area contributed by atoms with Gasteiger partial charge in [0.25, 0.3) is 5.09 Å². The van der Waals surface area contributed by atoms with Gasteiger partial charge in [0.15, 0.2) is 11.5 Å². The molecule has 0 bridgehead atoms. The summed E-state index contributed by atoms with van der Waals surface area (Å²) in [6, 6.07) is 5.63. The van der Waals surface area contributed by atoms with Gasteiger partial charge in [-0.25, -0.2) is 0 Å². The van der Waals surface area contributed by atoms with Crippen molar-refractivity contribution < 1.29 is 24.2 Å². The largest absolute Gasteiger partial charge is 0.454 e. The van der Waals surface area contributed by atoms with Crippen LogP contribution in [0, 0.1) is 10.1 Å². The van der Waals surface area contributed by atoms with Gasteiger partial charge in [-0.3, -0.25) is 4.79 Å². The molecule has 1 aliphatic rings. The van der Waals surface area contributed by atoms with Crippen LogP contribution in [0.4, 0.5) is 0 Å². The molecule has 1 atom stereocenters. The van der Waals surface area contributed by atoms with Gasteiger partial charge in [0.05, 0.1) is 6.61 Å².